The SMILES string of the molecule is OC1(Cc2ccc(Br)cc2F)CCN2CCCC2C1. The van der Waals surface area contributed by atoms with Crippen molar-refractivity contribution in [1.82, 2.24) is 4.90 Å². The molecule has 2 saturated heterocycles. The molecule has 0 saturated carbocycles. The number of benzene rings is 1. The Morgan fingerprint density at radius 1 is 1.42 bits per heavy atom. The van der Waals surface area contributed by atoms with Crippen LogP contribution in [-0.2, 0) is 6.42 Å². The van der Waals surface area contributed by atoms with Gasteiger partial charge in [-0.05, 0) is 49.9 Å². The topological polar surface area (TPSA) is 23.5 Å². The van der Waals surface area contributed by atoms with Gasteiger partial charge in [0, 0.05) is 23.5 Å². The number of nitrogens with zero attached hydrogens (tertiary/aromatic N) is 1. The Morgan fingerprint density at radius 2 is 2.26 bits per heavy atom. The smallest absolute Gasteiger partial charge is 0.127 e. The van der Waals surface area contributed by atoms with Crippen molar-refractivity contribution in [3.05, 3.63) is 34.1 Å². The maximum Gasteiger partial charge on any atom is 0.127 e. The van der Waals surface area contributed by atoms with Gasteiger partial charge in [-0.1, -0.05) is 22.0 Å². The number of rotatable bonds is 2. The summed E-state index contributed by atoms with van der Waals surface area (Å²) in [7, 11) is 0. The van der Waals surface area contributed by atoms with E-state index in [9.17, 15) is 9.50 Å². The molecule has 2 atom stereocenters. The minimum absolute atomic E-state index is 0.225. The lowest BCUT2D eigenvalue weighted by atomic mass is 9.82. The van der Waals surface area contributed by atoms with E-state index in [1.54, 1.807) is 6.07 Å². The number of halogens is 2. The molecule has 1 N–H and O–H groups in total. The molecule has 104 valence electrons. The summed E-state index contributed by atoms with van der Waals surface area (Å²) in [6, 6.07) is 5.59. The lowest BCUT2D eigenvalue weighted by molar-refractivity contribution is -0.0359. The number of fused-ring (bicyclic) bond motifs is 1. The first-order valence-electron chi connectivity index (χ1n) is 6.96. The van der Waals surface area contributed by atoms with E-state index in [1.165, 1.54) is 18.9 Å². The average molecular weight is 328 g/mol. The van der Waals surface area contributed by atoms with E-state index >= 15 is 0 Å². The third-order valence-corrected chi connectivity index (χ3v) is 5.01. The van der Waals surface area contributed by atoms with Gasteiger partial charge >= 0.3 is 0 Å². The summed E-state index contributed by atoms with van der Waals surface area (Å²) in [5.74, 6) is -0.225. The normalized spacial score (nSPS) is 31.4. The van der Waals surface area contributed by atoms with Crippen molar-refractivity contribution in [3.63, 3.8) is 0 Å². The Bertz CT molecular complexity index is 481. The number of piperidine rings is 1. The average Bonchev–Trinajstić information content (AvgIpc) is 2.79. The molecule has 0 aromatic heterocycles. The van der Waals surface area contributed by atoms with Crippen LogP contribution in [0.25, 0.3) is 0 Å². The molecule has 2 aliphatic heterocycles. The second kappa shape index (κ2) is 5.15. The molecule has 4 heteroatoms. The second-order valence-corrected chi connectivity index (χ2v) is 6.84. The minimum atomic E-state index is -0.736. The van der Waals surface area contributed by atoms with Gasteiger partial charge in [-0.3, -0.25) is 0 Å². The van der Waals surface area contributed by atoms with Crippen molar-refractivity contribution in [2.24, 2.45) is 0 Å². The van der Waals surface area contributed by atoms with E-state index in [0.29, 0.717) is 18.0 Å². The Hall–Kier alpha value is -0.450. The van der Waals surface area contributed by atoms with Gasteiger partial charge in [-0.2, -0.15) is 0 Å². The van der Waals surface area contributed by atoms with Crippen LogP contribution in [0, 0.1) is 5.82 Å². The molecule has 2 fully saturated rings. The predicted octanol–water partition coefficient (Wildman–Crippen LogP) is 3.12. The summed E-state index contributed by atoms with van der Waals surface area (Å²) in [5.41, 5.74) is -0.114. The van der Waals surface area contributed by atoms with Crippen LogP contribution in [0.3, 0.4) is 0 Å². The number of hydrogen-bond acceptors (Lipinski definition) is 2. The zero-order chi connectivity index (χ0) is 13.5. The summed E-state index contributed by atoms with van der Waals surface area (Å²) in [4.78, 5) is 2.46. The van der Waals surface area contributed by atoms with E-state index in [-0.39, 0.29) is 5.82 Å². The minimum Gasteiger partial charge on any atom is -0.389 e. The van der Waals surface area contributed by atoms with Crippen LogP contribution in [0.2, 0.25) is 0 Å². The van der Waals surface area contributed by atoms with Crippen molar-refractivity contribution >= 4 is 15.9 Å². The molecule has 1 aromatic rings. The molecule has 1 aromatic carbocycles. The fraction of sp³-hybridized carbons (Fsp3) is 0.600. The zero-order valence-electron chi connectivity index (χ0n) is 10.9. The van der Waals surface area contributed by atoms with Crippen molar-refractivity contribution in [2.75, 3.05) is 13.1 Å². The van der Waals surface area contributed by atoms with Crippen LogP contribution in [0.1, 0.15) is 31.2 Å². The van der Waals surface area contributed by atoms with Gasteiger partial charge in [0.05, 0.1) is 5.60 Å². The van der Waals surface area contributed by atoms with E-state index in [4.69, 9.17) is 0 Å². The highest BCUT2D eigenvalue weighted by atomic mass is 79.9. The summed E-state index contributed by atoms with van der Waals surface area (Å²) >= 11 is 3.26. The first kappa shape index (κ1) is 13.5. The van der Waals surface area contributed by atoms with Crippen LogP contribution in [0.15, 0.2) is 22.7 Å². The van der Waals surface area contributed by atoms with Gasteiger partial charge in [0.2, 0.25) is 0 Å². The lowest BCUT2D eigenvalue weighted by Gasteiger charge is -2.41. The molecule has 2 heterocycles. The molecule has 0 spiro atoms. The molecule has 19 heavy (non-hydrogen) atoms. The van der Waals surface area contributed by atoms with Crippen molar-refractivity contribution in [1.29, 1.82) is 0 Å². The van der Waals surface area contributed by atoms with E-state index < -0.39 is 5.60 Å². The molecule has 2 unspecified atom stereocenters. The van der Waals surface area contributed by atoms with Gasteiger partial charge in [-0.25, -0.2) is 4.39 Å². The first-order chi connectivity index (χ1) is 9.06. The van der Waals surface area contributed by atoms with E-state index in [0.717, 1.165) is 30.4 Å². The van der Waals surface area contributed by atoms with Gasteiger partial charge < -0.3 is 10.0 Å². The fourth-order valence-corrected chi connectivity index (χ4v) is 3.83. The Kier molecular flexibility index (Phi) is 3.67. The quantitative estimate of drug-likeness (QED) is 0.902. The van der Waals surface area contributed by atoms with Crippen LogP contribution in [0.4, 0.5) is 4.39 Å². The summed E-state index contributed by atoms with van der Waals surface area (Å²) in [6.45, 7) is 2.10. The highest BCUT2D eigenvalue weighted by molar-refractivity contribution is 9.10. The molecule has 0 radical (unpaired) electrons. The summed E-state index contributed by atoms with van der Waals surface area (Å²) in [5, 5.41) is 10.8. The van der Waals surface area contributed by atoms with Crippen molar-refractivity contribution < 1.29 is 9.50 Å². The van der Waals surface area contributed by atoms with Crippen LogP contribution < -0.4 is 0 Å². The van der Waals surface area contributed by atoms with E-state index in [2.05, 4.69) is 20.8 Å². The molecule has 3 rings (SSSR count). The highest BCUT2D eigenvalue weighted by Crippen LogP contribution is 2.35. The monoisotopic (exact) mass is 327 g/mol. The van der Waals surface area contributed by atoms with Gasteiger partial charge in [0.1, 0.15) is 5.82 Å². The summed E-state index contributed by atoms with van der Waals surface area (Å²) in [6.07, 6.45) is 4.36. The first-order valence-corrected chi connectivity index (χ1v) is 7.75. The van der Waals surface area contributed by atoms with Gasteiger partial charge in [-0.15, -0.1) is 0 Å². The maximum atomic E-state index is 13.9. The van der Waals surface area contributed by atoms with Crippen LogP contribution in [0.5, 0.6) is 0 Å². The molecule has 2 aliphatic rings. The largest absolute Gasteiger partial charge is 0.389 e. The Balaban J connectivity index is 1.74. The summed E-state index contributed by atoms with van der Waals surface area (Å²) < 4.78 is 14.6. The zero-order valence-corrected chi connectivity index (χ0v) is 12.5. The van der Waals surface area contributed by atoms with Gasteiger partial charge in [0.15, 0.2) is 0 Å². The molecular weight excluding hydrogens is 309 g/mol. The Morgan fingerprint density at radius 3 is 3.05 bits per heavy atom. The predicted molar refractivity (Wildman–Crippen MR) is 76.6 cm³/mol. The second-order valence-electron chi connectivity index (χ2n) is 5.92. The van der Waals surface area contributed by atoms with Crippen LogP contribution >= 0.6 is 15.9 Å². The fourth-order valence-electron chi connectivity index (χ4n) is 3.49. The maximum absolute atomic E-state index is 13.9. The molecule has 0 bridgehead atoms. The molecule has 0 amide bonds. The highest BCUT2D eigenvalue weighted by Gasteiger charge is 2.40. The molecular formula is C15H19BrFNO. The van der Waals surface area contributed by atoms with Gasteiger partial charge in [0.25, 0.3) is 0 Å². The molecule has 2 nitrogen and oxygen atoms in total. The number of hydrogen-bond donors (Lipinski definition) is 1. The third-order valence-electron chi connectivity index (χ3n) is 4.51. The lowest BCUT2D eigenvalue weighted by Crippen LogP contribution is -2.48. The van der Waals surface area contributed by atoms with Crippen LogP contribution in [-0.4, -0.2) is 34.7 Å². The standard InChI is InChI=1S/C15H19BrFNO/c16-12-4-3-11(14(17)8-12)9-15(19)5-7-18-6-1-2-13(18)10-15/h3-4,8,13,19H,1-2,5-7,9-10H2. The molecule has 0 aliphatic carbocycles. The number of aliphatic hydroxyl groups is 1. The third kappa shape index (κ3) is 2.86. The Labute approximate surface area is 121 Å². The van der Waals surface area contributed by atoms with E-state index in [1.807, 2.05) is 6.07 Å². The van der Waals surface area contributed by atoms with Crippen molar-refractivity contribution in [3.8, 4) is 0 Å². The van der Waals surface area contributed by atoms with Crippen molar-refractivity contribution in [2.45, 2.75) is 43.7 Å².